The highest BCUT2D eigenvalue weighted by molar-refractivity contribution is 7.98. The summed E-state index contributed by atoms with van der Waals surface area (Å²) in [4.78, 5) is 12.7. The number of likely N-dealkylation sites (N-methyl/N-ethyl adjacent to an activating group) is 1. The molecular formula is C11H13NO3S. The zero-order valence-electron chi connectivity index (χ0n) is 9.20. The molecule has 0 aromatic heterocycles. The highest BCUT2D eigenvalue weighted by Gasteiger charge is 2.22. The van der Waals surface area contributed by atoms with Gasteiger partial charge in [-0.15, -0.1) is 11.8 Å². The van der Waals surface area contributed by atoms with Gasteiger partial charge in [0, 0.05) is 5.56 Å². The molecule has 0 amide bonds. The Morgan fingerprint density at radius 3 is 3.00 bits per heavy atom. The van der Waals surface area contributed by atoms with Crippen molar-refractivity contribution < 1.29 is 14.3 Å². The van der Waals surface area contributed by atoms with Crippen LogP contribution in [-0.2, 0) is 0 Å². The lowest BCUT2D eigenvalue weighted by molar-refractivity contribution is 0.0990. The number of hydrogen-bond acceptors (Lipinski definition) is 5. The van der Waals surface area contributed by atoms with Crippen molar-refractivity contribution in [3.05, 3.63) is 17.7 Å². The molecule has 0 saturated heterocycles. The van der Waals surface area contributed by atoms with Crippen LogP contribution in [0.1, 0.15) is 10.4 Å². The molecule has 0 spiro atoms. The second-order valence-electron chi connectivity index (χ2n) is 3.33. The molecule has 0 saturated carbocycles. The number of benzene rings is 1. The quantitative estimate of drug-likeness (QED) is 0.638. The van der Waals surface area contributed by atoms with E-state index in [1.807, 2.05) is 6.26 Å². The molecule has 2 rings (SSSR count). The maximum Gasteiger partial charge on any atom is 0.231 e. The van der Waals surface area contributed by atoms with E-state index < -0.39 is 0 Å². The third-order valence-corrected chi connectivity index (χ3v) is 3.15. The molecule has 0 aliphatic carbocycles. The standard InChI is InChI=1S/C11H13NO3S/c1-12-5-8(13)7-3-4-9-10(11(7)16-2)15-6-14-9/h3-4,12H,5-6H2,1-2H3. The number of ether oxygens (including phenoxy) is 2. The molecule has 4 nitrogen and oxygen atoms in total. The van der Waals surface area contributed by atoms with E-state index in [9.17, 15) is 4.79 Å². The third kappa shape index (κ3) is 1.88. The van der Waals surface area contributed by atoms with E-state index in [0.717, 1.165) is 4.90 Å². The van der Waals surface area contributed by atoms with Gasteiger partial charge in [-0.25, -0.2) is 0 Å². The van der Waals surface area contributed by atoms with Crippen LogP contribution in [0.4, 0.5) is 0 Å². The normalized spacial score (nSPS) is 12.9. The summed E-state index contributed by atoms with van der Waals surface area (Å²) < 4.78 is 10.6. The Labute approximate surface area is 98.3 Å². The lowest BCUT2D eigenvalue weighted by Gasteiger charge is -2.08. The number of carbonyl (C=O) groups excluding carboxylic acids is 1. The number of thioether (sulfide) groups is 1. The number of ketones is 1. The summed E-state index contributed by atoms with van der Waals surface area (Å²) in [6.07, 6.45) is 1.92. The molecule has 1 heterocycles. The van der Waals surface area contributed by atoms with Crippen LogP contribution in [0.15, 0.2) is 17.0 Å². The van der Waals surface area contributed by atoms with Crippen molar-refractivity contribution in [3.63, 3.8) is 0 Å². The highest BCUT2D eigenvalue weighted by atomic mass is 32.2. The number of fused-ring (bicyclic) bond motifs is 1. The van der Waals surface area contributed by atoms with Gasteiger partial charge >= 0.3 is 0 Å². The van der Waals surface area contributed by atoms with Gasteiger partial charge in [0.05, 0.1) is 11.4 Å². The molecule has 0 unspecified atom stereocenters. The van der Waals surface area contributed by atoms with Crippen LogP contribution in [0, 0.1) is 0 Å². The average Bonchev–Trinajstić information content (AvgIpc) is 2.75. The molecule has 16 heavy (non-hydrogen) atoms. The van der Waals surface area contributed by atoms with Crippen molar-refractivity contribution >= 4 is 17.5 Å². The van der Waals surface area contributed by atoms with Gasteiger partial charge in [-0.2, -0.15) is 0 Å². The molecule has 1 aromatic rings. The zero-order valence-corrected chi connectivity index (χ0v) is 10.0. The maximum atomic E-state index is 11.9. The van der Waals surface area contributed by atoms with Crippen molar-refractivity contribution in [2.24, 2.45) is 0 Å². The third-order valence-electron chi connectivity index (χ3n) is 2.34. The predicted octanol–water partition coefficient (Wildman–Crippen LogP) is 1.54. The summed E-state index contributed by atoms with van der Waals surface area (Å²) in [5.41, 5.74) is 0.686. The van der Waals surface area contributed by atoms with Gasteiger partial charge in [0.2, 0.25) is 6.79 Å². The van der Waals surface area contributed by atoms with Gasteiger partial charge in [-0.3, -0.25) is 4.79 Å². The summed E-state index contributed by atoms with van der Waals surface area (Å²) in [5.74, 6) is 1.46. The highest BCUT2D eigenvalue weighted by Crippen LogP contribution is 2.42. The van der Waals surface area contributed by atoms with E-state index >= 15 is 0 Å². The molecule has 1 N–H and O–H groups in total. The van der Waals surface area contributed by atoms with Gasteiger partial charge in [0.25, 0.3) is 0 Å². The van der Waals surface area contributed by atoms with Crippen LogP contribution in [0.25, 0.3) is 0 Å². The first-order valence-electron chi connectivity index (χ1n) is 4.92. The van der Waals surface area contributed by atoms with Gasteiger partial charge < -0.3 is 14.8 Å². The minimum atomic E-state index is 0.0603. The smallest absolute Gasteiger partial charge is 0.231 e. The second kappa shape index (κ2) is 4.76. The largest absolute Gasteiger partial charge is 0.454 e. The topological polar surface area (TPSA) is 47.6 Å². The minimum Gasteiger partial charge on any atom is -0.454 e. The molecule has 0 fully saturated rings. The number of nitrogens with one attached hydrogen (secondary N) is 1. The zero-order chi connectivity index (χ0) is 11.5. The first kappa shape index (κ1) is 11.3. The Kier molecular flexibility index (Phi) is 3.36. The van der Waals surface area contributed by atoms with E-state index in [4.69, 9.17) is 9.47 Å². The molecule has 0 bridgehead atoms. The van der Waals surface area contributed by atoms with E-state index in [0.29, 0.717) is 23.6 Å². The van der Waals surface area contributed by atoms with E-state index in [1.54, 1.807) is 19.2 Å². The molecular weight excluding hydrogens is 226 g/mol. The fourth-order valence-corrected chi connectivity index (χ4v) is 2.37. The van der Waals surface area contributed by atoms with Crippen LogP contribution in [-0.4, -0.2) is 32.4 Å². The average molecular weight is 239 g/mol. The van der Waals surface area contributed by atoms with Crippen molar-refractivity contribution in [1.29, 1.82) is 0 Å². The number of rotatable bonds is 4. The van der Waals surface area contributed by atoms with Gasteiger partial charge in [-0.1, -0.05) is 0 Å². The SMILES string of the molecule is CNCC(=O)c1ccc2c(c1SC)OCO2. The van der Waals surface area contributed by atoms with Gasteiger partial charge in [0.1, 0.15) is 0 Å². The number of hydrogen-bond donors (Lipinski definition) is 1. The summed E-state index contributed by atoms with van der Waals surface area (Å²) in [7, 11) is 1.75. The summed E-state index contributed by atoms with van der Waals surface area (Å²) in [5, 5.41) is 2.85. The minimum absolute atomic E-state index is 0.0603. The predicted molar refractivity (Wildman–Crippen MR) is 62.6 cm³/mol. The molecule has 5 heteroatoms. The van der Waals surface area contributed by atoms with Crippen LogP contribution in [0.5, 0.6) is 11.5 Å². The van der Waals surface area contributed by atoms with Crippen LogP contribution in [0.2, 0.25) is 0 Å². The van der Waals surface area contributed by atoms with Crippen molar-refractivity contribution in [1.82, 2.24) is 5.32 Å². The Balaban J connectivity index is 2.42. The van der Waals surface area contributed by atoms with E-state index in [1.165, 1.54) is 11.8 Å². The summed E-state index contributed by atoms with van der Waals surface area (Å²) in [6.45, 7) is 0.555. The molecule has 0 radical (unpaired) electrons. The number of Topliss-reactive ketones (excluding diaryl/α,β-unsaturated/α-hetero) is 1. The Morgan fingerprint density at radius 1 is 1.50 bits per heavy atom. The summed E-state index contributed by atoms with van der Waals surface area (Å²) >= 11 is 1.50. The number of carbonyl (C=O) groups is 1. The maximum absolute atomic E-state index is 11.9. The molecule has 0 atom stereocenters. The van der Waals surface area contributed by atoms with Crippen molar-refractivity contribution in [3.8, 4) is 11.5 Å². The monoisotopic (exact) mass is 239 g/mol. The molecule has 86 valence electrons. The lowest BCUT2D eigenvalue weighted by atomic mass is 10.1. The Bertz CT molecular complexity index is 420. The fraction of sp³-hybridized carbons (Fsp3) is 0.364. The fourth-order valence-electron chi connectivity index (χ4n) is 1.62. The second-order valence-corrected chi connectivity index (χ2v) is 4.15. The summed E-state index contributed by atoms with van der Waals surface area (Å²) in [6, 6.07) is 3.57. The lowest BCUT2D eigenvalue weighted by Crippen LogP contribution is -2.19. The van der Waals surface area contributed by atoms with Crippen molar-refractivity contribution in [2.45, 2.75) is 4.90 Å². The van der Waals surface area contributed by atoms with Gasteiger partial charge in [-0.05, 0) is 25.4 Å². The van der Waals surface area contributed by atoms with Gasteiger partial charge in [0.15, 0.2) is 17.3 Å². The first-order valence-corrected chi connectivity index (χ1v) is 6.14. The molecule has 1 aliphatic heterocycles. The van der Waals surface area contributed by atoms with Crippen LogP contribution < -0.4 is 14.8 Å². The van der Waals surface area contributed by atoms with E-state index in [2.05, 4.69) is 5.32 Å². The molecule has 1 aliphatic rings. The van der Waals surface area contributed by atoms with Crippen LogP contribution in [0.3, 0.4) is 0 Å². The Morgan fingerprint density at radius 2 is 2.31 bits per heavy atom. The Hall–Kier alpha value is -1.20. The molecule has 1 aromatic carbocycles. The van der Waals surface area contributed by atoms with Crippen molar-refractivity contribution in [2.75, 3.05) is 26.6 Å². The van der Waals surface area contributed by atoms with Crippen LogP contribution >= 0.6 is 11.8 Å². The first-order chi connectivity index (χ1) is 7.77. The van der Waals surface area contributed by atoms with E-state index in [-0.39, 0.29) is 12.6 Å².